The summed E-state index contributed by atoms with van der Waals surface area (Å²) in [4.78, 5) is 22.7. The first-order valence-electron chi connectivity index (χ1n) is 8.87. The summed E-state index contributed by atoms with van der Waals surface area (Å²) in [6, 6.07) is 8.25. The number of carbonyl (C=O) groups excluding carboxylic acids is 1. The molecule has 1 aliphatic heterocycles. The number of benzene rings is 1. The normalized spacial score (nSPS) is 16.0. The highest BCUT2D eigenvalue weighted by Gasteiger charge is 2.31. The highest BCUT2D eigenvalue weighted by atomic mass is 32.2. The van der Waals surface area contributed by atoms with Crippen molar-refractivity contribution in [1.82, 2.24) is 19.4 Å². The van der Waals surface area contributed by atoms with Crippen LogP contribution >= 0.6 is 0 Å². The quantitative estimate of drug-likeness (QED) is 0.539. The second kappa shape index (κ2) is 8.48. The second-order valence-corrected chi connectivity index (χ2v) is 8.44. The molecule has 28 heavy (non-hydrogen) atoms. The molecule has 150 valence electrons. The van der Waals surface area contributed by atoms with Crippen LogP contribution in [0, 0.1) is 16.0 Å². The fourth-order valence-corrected chi connectivity index (χ4v) is 4.60. The molecule has 1 fully saturated rings. The van der Waals surface area contributed by atoms with E-state index in [1.54, 1.807) is 30.3 Å². The maximum atomic E-state index is 12.6. The van der Waals surface area contributed by atoms with Gasteiger partial charge in [0.25, 0.3) is 0 Å². The minimum absolute atomic E-state index is 0.0988. The van der Waals surface area contributed by atoms with E-state index in [1.165, 1.54) is 15.2 Å². The maximum Gasteiger partial charge on any atom is 0.306 e. The molecule has 1 aliphatic rings. The Bertz CT molecular complexity index is 936. The number of carbonyl (C=O) groups is 1. The average Bonchev–Trinajstić information content (AvgIpc) is 3.18. The lowest BCUT2D eigenvalue weighted by Gasteiger charge is -2.30. The summed E-state index contributed by atoms with van der Waals surface area (Å²) < 4.78 is 28.0. The second-order valence-electron chi connectivity index (χ2n) is 6.50. The lowest BCUT2D eigenvalue weighted by atomic mass is 9.97. The van der Waals surface area contributed by atoms with E-state index in [2.05, 4.69) is 10.4 Å². The molecular weight excluding hydrogens is 386 g/mol. The van der Waals surface area contributed by atoms with E-state index < -0.39 is 14.9 Å². The zero-order valence-corrected chi connectivity index (χ0v) is 15.9. The third-order valence-electron chi connectivity index (χ3n) is 4.68. The maximum absolute atomic E-state index is 12.6. The molecule has 1 aromatic heterocycles. The van der Waals surface area contributed by atoms with Crippen LogP contribution in [0.15, 0.2) is 47.6 Å². The highest BCUT2D eigenvalue weighted by molar-refractivity contribution is 7.89. The van der Waals surface area contributed by atoms with Gasteiger partial charge in [-0.25, -0.2) is 8.42 Å². The van der Waals surface area contributed by atoms with Gasteiger partial charge < -0.3 is 5.32 Å². The highest BCUT2D eigenvalue weighted by Crippen LogP contribution is 2.23. The average molecular weight is 407 g/mol. The summed E-state index contributed by atoms with van der Waals surface area (Å²) in [6.07, 6.45) is 3.36. The SMILES string of the molecule is O=C(NCCn1cc([N+](=O)[O-])cn1)C1CCN(S(=O)(=O)c2ccccc2)CC1. The molecule has 1 saturated heterocycles. The molecule has 1 aromatic carbocycles. The Balaban J connectivity index is 1.46. The van der Waals surface area contributed by atoms with Crippen LogP contribution in [0.3, 0.4) is 0 Å². The van der Waals surface area contributed by atoms with Gasteiger partial charge in [-0.2, -0.15) is 9.40 Å². The predicted octanol–water partition coefficient (Wildman–Crippen LogP) is 1.01. The standard InChI is InChI=1S/C17H21N5O5S/c23-17(18-8-11-20-13-15(12-19-20)22(24)25)14-6-9-21(10-7-14)28(26,27)16-4-2-1-3-5-16/h1-5,12-14H,6-11H2,(H,18,23). The van der Waals surface area contributed by atoms with Crippen molar-refractivity contribution >= 4 is 21.6 Å². The van der Waals surface area contributed by atoms with Gasteiger partial charge in [0.2, 0.25) is 15.9 Å². The fraction of sp³-hybridized carbons (Fsp3) is 0.412. The Kier molecular flexibility index (Phi) is 6.05. The number of amides is 1. The van der Waals surface area contributed by atoms with Crippen molar-refractivity contribution in [1.29, 1.82) is 0 Å². The number of aromatic nitrogens is 2. The van der Waals surface area contributed by atoms with Crippen molar-refractivity contribution in [2.45, 2.75) is 24.3 Å². The lowest BCUT2D eigenvalue weighted by molar-refractivity contribution is -0.385. The molecule has 0 spiro atoms. The van der Waals surface area contributed by atoms with Crippen LogP contribution in [0.25, 0.3) is 0 Å². The van der Waals surface area contributed by atoms with E-state index in [-0.39, 0.29) is 22.4 Å². The van der Waals surface area contributed by atoms with Crippen LogP contribution in [0.5, 0.6) is 0 Å². The summed E-state index contributed by atoms with van der Waals surface area (Å²) in [5.74, 6) is -0.396. The van der Waals surface area contributed by atoms with Gasteiger partial charge >= 0.3 is 5.69 Å². The Morgan fingerprint density at radius 3 is 2.54 bits per heavy atom. The topological polar surface area (TPSA) is 127 Å². The molecule has 0 radical (unpaired) electrons. The Morgan fingerprint density at radius 2 is 1.93 bits per heavy atom. The molecule has 3 rings (SSSR count). The molecule has 0 bridgehead atoms. The molecule has 11 heteroatoms. The predicted molar refractivity (Wildman–Crippen MR) is 99.8 cm³/mol. The molecular formula is C17H21N5O5S. The van der Waals surface area contributed by atoms with Gasteiger partial charge in [0.15, 0.2) is 0 Å². The van der Waals surface area contributed by atoms with Crippen molar-refractivity contribution < 1.29 is 18.1 Å². The molecule has 0 aliphatic carbocycles. The number of nitrogens with zero attached hydrogens (tertiary/aromatic N) is 4. The van der Waals surface area contributed by atoms with Gasteiger partial charge in [-0.3, -0.25) is 19.6 Å². The van der Waals surface area contributed by atoms with E-state index in [0.29, 0.717) is 39.0 Å². The lowest BCUT2D eigenvalue weighted by Crippen LogP contribution is -2.43. The summed E-state index contributed by atoms with van der Waals surface area (Å²) in [6.45, 7) is 1.20. The zero-order chi connectivity index (χ0) is 20.1. The smallest absolute Gasteiger partial charge is 0.306 e. The molecule has 2 heterocycles. The number of rotatable bonds is 7. The van der Waals surface area contributed by atoms with Crippen LogP contribution in [-0.4, -0.2) is 53.0 Å². The first-order valence-corrected chi connectivity index (χ1v) is 10.3. The monoisotopic (exact) mass is 407 g/mol. The van der Waals surface area contributed by atoms with E-state index in [1.807, 2.05) is 0 Å². The van der Waals surface area contributed by atoms with Crippen molar-refractivity contribution in [3.63, 3.8) is 0 Å². The van der Waals surface area contributed by atoms with Gasteiger partial charge in [0.05, 0.1) is 16.4 Å². The van der Waals surface area contributed by atoms with Crippen molar-refractivity contribution in [3.05, 3.63) is 52.8 Å². The van der Waals surface area contributed by atoms with Crippen LogP contribution in [0.4, 0.5) is 5.69 Å². The van der Waals surface area contributed by atoms with Gasteiger partial charge in [0, 0.05) is 25.6 Å². The van der Waals surface area contributed by atoms with Crippen molar-refractivity contribution in [2.24, 2.45) is 5.92 Å². The summed E-state index contributed by atoms with van der Waals surface area (Å²) in [7, 11) is -3.53. The Morgan fingerprint density at radius 1 is 1.25 bits per heavy atom. The van der Waals surface area contributed by atoms with Crippen LogP contribution in [-0.2, 0) is 21.4 Å². The number of nitro groups is 1. The third kappa shape index (κ3) is 4.54. The first kappa shape index (κ1) is 20.0. The Labute approximate surface area is 162 Å². The van der Waals surface area contributed by atoms with E-state index in [9.17, 15) is 23.3 Å². The summed E-state index contributed by atoms with van der Waals surface area (Å²) in [5, 5.41) is 17.3. The molecule has 0 saturated carbocycles. The fourth-order valence-electron chi connectivity index (χ4n) is 3.11. The minimum atomic E-state index is -3.53. The molecule has 1 amide bonds. The number of piperidine rings is 1. The van der Waals surface area contributed by atoms with E-state index in [4.69, 9.17) is 0 Å². The zero-order valence-electron chi connectivity index (χ0n) is 15.1. The van der Waals surface area contributed by atoms with Crippen molar-refractivity contribution in [3.8, 4) is 0 Å². The summed E-state index contributed by atoms with van der Waals surface area (Å²) in [5.41, 5.74) is -0.0988. The first-order chi connectivity index (χ1) is 13.4. The molecule has 1 N–H and O–H groups in total. The van der Waals surface area contributed by atoms with E-state index in [0.717, 1.165) is 6.20 Å². The Hall–Kier alpha value is -2.79. The number of sulfonamides is 1. The van der Waals surface area contributed by atoms with Crippen LogP contribution in [0.1, 0.15) is 12.8 Å². The molecule has 0 atom stereocenters. The largest absolute Gasteiger partial charge is 0.354 e. The number of nitrogens with one attached hydrogen (secondary N) is 1. The molecule has 10 nitrogen and oxygen atoms in total. The third-order valence-corrected chi connectivity index (χ3v) is 6.59. The van der Waals surface area contributed by atoms with Crippen molar-refractivity contribution in [2.75, 3.05) is 19.6 Å². The van der Waals surface area contributed by atoms with Gasteiger partial charge in [-0.1, -0.05) is 18.2 Å². The number of hydrogen-bond acceptors (Lipinski definition) is 6. The van der Waals surface area contributed by atoms with Crippen LogP contribution in [0.2, 0.25) is 0 Å². The van der Waals surface area contributed by atoms with Crippen LogP contribution < -0.4 is 5.32 Å². The summed E-state index contributed by atoms with van der Waals surface area (Å²) >= 11 is 0. The minimum Gasteiger partial charge on any atom is -0.354 e. The molecule has 0 unspecified atom stereocenters. The van der Waals surface area contributed by atoms with E-state index >= 15 is 0 Å². The van der Waals surface area contributed by atoms with Gasteiger partial charge in [-0.15, -0.1) is 0 Å². The van der Waals surface area contributed by atoms with Gasteiger partial charge in [-0.05, 0) is 25.0 Å². The number of hydrogen-bond donors (Lipinski definition) is 1. The molecule has 2 aromatic rings. The van der Waals surface area contributed by atoms with Gasteiger partial charge in [0.1, 0.15) is 12.4 Å².